The number of hydrogen-bond donors (Lipinski definition) is 1. The van der Waals surface area contributed by atoms with E-state index >= 15 is 0 Å². The molecule has 0 atom stereocenters. The molecule has 102 valence electrons. The van der Waals surface area contributed by atoms with Gasteiger partial charge in [0.25, 0.3) is 0 Å². The number of aromatic hydroxyl groups is 1. The number of hydrogen-bond acceptors (Lipinski definition) is 2. The summed E-state index contributed by atoms with van der Waals surface area (Å²) in [7, 11) is 0. The summed E-state index contributed by atoms with van der Waals surface area (Å²) in [6.07, 6.45) is 0.326. The molecule has 0 aliphatic carbocycles. The van der Waals surface area contributed by atoms with E-state index in [2.05, 4.69) is 0 Å². The fourth-order valence-corrected chi connectivity index (χ4v) is 3.00. The lowest BCUT2D eigenvalue weighted by molar-refractivity contribution is -0.116. The molecule has 0 aromatic heterocycles. The van der Waals surface area contributed by atoms with E-state index in [1.807, 2.05) is 48.5 Å². The summed E-state index contributed by atoms with van der Waals surface area (Å²) in [5.74, 6) is 0.133. The summed E-state index contributed by atoms with van der Waals surface area (Å²) in [6.45, 7) is 0. The maximum Gasteiger partial charge on any atom is 0.236 e. The lowest BCUT2D eigenvalue weighted by Crippen LogP contribution is -2.21. The molecule has 21 heavy (non-hydrogen) atoms. The number of fused-ring (bicyclic) bond motifs is 2. The van der Waals surface area contributed by atoms with Gasteiger partial charge in [0.05, 0.1) is 17.8 Å². The second kappa shape index (κ2) is 4.35. The molecule has 3 aromatic carbocycles. The first-order valence-electron chi connectivity index (χ1n) is 6.87. The van der Waals surface area contributed by atoms with Crippen LogP contribution in [0.4, 0.5) is 11.4 Å². The van der Waals surface area contributed by atoms with Crippen molar-refractivity contribution in [1.29, 1.82) is 0 Å². The van der Waals surface area contributed by atoms with Crippen LogP contribution in [-0.2, 0) is 11.2 Å². The molecular weight excluding hydrogens is 262 g/mol. The smallest absolute Gasteiger partial charge is 0.236 e. The van der Waals surface area contributed by atoms with Crippen molar-refractivity contribution >= 4 is 28.1 Å². The van der Waals surface area contributed by atoms with Gasteiger partial charge in [0.1, 0.15) is 5.75 Å². The normalized spacial score (nSPS) is 13.7. The molecule has 3 nitrogen and oxygen atoms in total. The standard InChI is InChI=1S/C18H13NO2/c20-16-10-4-7-13-11-17(21)19(18(13)16)15-9-3-6-12-5-1-2-8-14(12)15/h1-10,20H,11H2. The van der Waals surface area contributed by atoms with Gasteiger partial charge in [0, 0.05) is 5.39 Å². The first kappa shape index (κ1) is 12.0. The third-order valence-corrected chi connectivity index (χ3v) is 3.92. The van der Waals surface area contributed by atoms with E-state index in [-0.39, 0.29) is 11.7 Å². The van der Waals surface area contributed by atoms with Crippen molar-refractivity contribution in [2.24, 2.45) is 0 Å². The predicted octanol–water partition coefficient (Wildman–Crippen LogP) is 3.77. The highest BCUT2D eigenvalue weighted by molar-refractivity contribution is 6.13. The van der Waals surface area contributed by atoms with Crippen LogP contribution in [0.25, 0.3) is 10.8 Å². The Morgan fingerprint density at radius 3 is 2.57 bits per heavy atom. The molecule has 1 heterocycles. The maximum absolute atomic E-state index is 12.4. The van der Waals surface area contributed by atoms with Crippen LogP contribution in [0.2, 0.25) is 0 Å². The first-order valence-corrected chi connectivity index (χ1v) is 6.87. The van der Waals surface area contributed by atoms with Gasteiger partial charge in [-0.15, -0.1) is 0 Å². The van der Waals surface area contributed by atoms with Gasteiger partial charge >= 0.3 is 0 Å². The van der Waals surface area contributed by atoms with E-state index < -0.39 is 0 Å². The molecule has 0 fully saturated rings. The molecule has 0 saturated heterocycles. The number of para-hydroxylation sites is 1. The minimum absolute atomic E-state index is 0.0112. The van der Waals surface area contributed by atoms with E-state index in [9.17, 15) is 9.90 Å². The average molecular weight is 275 g/mol. The molecule has 0 radical (unpaired) electrons. The molecule has 1 aliphatic heterocycles. The predicted molar refractivity (Wildman–Crippen MR) is 82.9 cm³/mol. The lowest BCUT2D eigenvalue weighted by Gasteiger charge is -2.20. The summed E-state index contributed by atoms with van der Waals surface area (Å²) in [5, 5.41) is 12.2. The Kier molecular flexibility index (Phi) is 2.48. The maximum atomic E-state index is 12.4. The third kappa shape index (κ3) is 1.71. The molecule has 0 spiro atoms. The van der Waals surface area contributed by atoms with Crippen LogP contribution in [0.3, 0.4) is 0 Å². The zero-order valence-electron chi connectivity index (χ0n) is 11.3. The summed E-state index contributed by atoms with van der Waals surface area (Å²) < 4.78 is 0. The Morgan fingerprint density at radius 1 is 0.905 bits per heavy atom. The minimum Gasteiger partial charge on any atom is -0.506 e. The highest BCUT2D eigenvalue weighted by Gasteiger charge is 2.31. The van der Waals surface area contributed by atoms with Gasteiger partial charge in [-0.2, -0.15) is 0 Å². The molecule has 3 aromatic rings. The van der Waals surface area contributed by atoms with Crippen molar-refractivity contribution in [3.8, 4) is 5.75 Å². The fourth-order valence-electron chi connectivity index (χ4n) is 3.00. The summed E-state index contributed by atoms with van der Waals surface area (Å²) in [5.41, 5.74) is 2.30. The van der Waals surface area contributed by atoms with Gasteiger partial charge in [0.2, 0.25) is 5.91 Å². The van der Waals surface area contributed by atoms with Crippen LogP contribution in [0.5, 0.6) is 5.75 Å². The van der Waals surface area contributed by atoms with Crippen molar-refractivity contribution in [2.45, 2.75) is 6.42 Å². The Bertz CT molecular complexity index is 865. The van der Waals surface area contributed by atoms with E-state index in [1.54, 1.807) is 17.0 Å². The third-order valence-electron chi connectivity index (χ3n) is 3.92. The van der Waals surface area contributed by atoms with Crippen molar-refractivity contribution in [3.05, 3.63) is 66.2 Å². The molecule has 3 heteroatoms. The zero-order chi connectivity index (χ0) is 14.4. The van der Waals surface area contributed by atoms with Crippen LogP contribution in [0.1, 0.15) is 5.56 Å². The largest absolute Gasteiger partial charge is 0.506 e. The molecular formula is C18H13NO2. The number of nitrogens with zero attached hydrogens (tertiary/aromatic N) is 1. The highest BCUT2D eigenvalue weighted by Crippen LogP contribution is 2.43. The van der Waals surface area contributed by atoms with Crippen molar-refractivity contribution < 1.29 is 9.90 Å². The number of carbonyl (C=O) groups is 1. The lowest BCUT2D eigenvalue weighted by atomic mass is 10.1. The van der Waals surface area contributed by atoms with Gasteiger partial charge in [-0.1, -0.05) is 48.5 Å². The SMILES string of the molecule is O=C1Cc2cccc(O)c2N1c1cccc2ccccc12. The Morgan fingerprint density at radius 2 is 1.67 bits per heavy atom. The Balaban J connectivity index is 2.01. The molecule has 0 unspecified atom stereocenters. The van der Waals surface area contributed by atoms with E-state index in [0.29, 0.717) is 12.1 Å². The monoisotopic (exact) mass is 275 g/mol. The van der Waals surface area contributed by atoms with Crippen LogP contribution >= 0.6 is 0 Å². The molecule has 0 saturated carbocycles. The van der Waals surface area contributed by atoms with Crippen molar-refractivity contribution in [2.75, 3.05) is 4.90 Å². The molecule has 0 bridgehead atoms. The number of amides is 1. The quantitative estimate of drug-likeness (QED) is 0.734. The van der Waals surface area contributed by atoms with Gasteiger partial charge in [-0.3, -0.25) is 9.69 Å². The van der Waals surface area contributed by atoms with Crippen LogP contribution in [-0.4, -0.2) is 11.0 Å². The van der Waals surface area contributed by atoms with Crippen LogP contribution < -0.4 is 4.90 Å². The number of phenolic OH excluding ortho intramolecular Hbond substituents is 1. The van der Waals surface area contributed by atoms with Gasteiger partial charge in [-0.25, -0.2) is 0 Å². The van der Waals surface area contributed by atoms with E-state index in [0.717, 1.165) is 22.0 Å². The zero-order valence-corrected chi connectivity index (χ0v) is 11.3. The minimum atomic E-state index is -0.0112. The first-order chi connectivity index (χ1) is 10.3. The summed E-state index contributed by atoms with van der Waals surface area (Å²) in [6, 6.07) is 19.1. The van der Waals surface area contributed by atoms with Crippen LogP contribution in [0.15, 0.2) is 60.7 Å². The van der Waals surface area contributed by atoms with Crippen LogP contribution in [0, 0.1) is 0 Å². The van der Waals surface area contributed by atoms with Crippen molar-refractivity contribution in [3.63, 3.8) is 0 Å². The average Bonchev–Trinajstić information content (AvgIpc) is 2.84. The van der Waals surface area contributed by atoms with Gasteiger partial charge in [-0.05, 0) is 23.1 Å². The van der Waals surface area contributed by atoms with Crippen molar-refractivity contribution in [1.82, 2.24) is 0 Å². The number of rotatable bonds is 1. The topological polar surface area (TPSA) is 40.5 Å². The number of phenols is 1. The van der Waals surface area contributed by atoms with E-state index in [1.165, 1.54) is 0 Å². The fraction of sp³-hybridized carbons (Fsp3) is 0.0556. The van der Waals surface area contributed by atoms with Gasteiger partial charge in [0.15, 0.2) is 0 Å². The number of carbonyl (C=O) groups excluding carboxylic acids is 1. The summed E-state index contributed by atoms with van der Waals surface area (Å²) in [4.78, 5) is 14.1. The summed E-state index contributed by atoms with van der Waals surface area (Å²) >= 11 is 0. The number of benzene rings is 3. The molecule has 1 aliphatic rings. The number of anilines is 2. The second-order valence-corrected chi connectivity index (χ2v) is 5.19. The second-order valence-electron chi connectivity index (χ2n) is 5.19. The van der Waals surface area contributed by atoms with Gasteiger partial charge < -0.3 is 5.11 Å². The highest BCUT2D eigenvalue weighted by atomic mass is 16.3. The Labute approximate surface area is 122 Å². The Hall–Kier alpha value is -2.81. The molecule has 1 N–H and O–H groups in total. The molecule has 4 rings (SSSR count). The molecule has 1 amide bonds. The van der Waals surface area contributed by atoms with E-state index in [4.69, 9.17) is 0 Å².